The Hall–Kier alpha value is -3.66. The van der Waals surface area contributed by atoms with E-state index in [-0.39, 0.29) is 42.9 Å². The Balaban J connectivity index is 1.69. The van der Waals surface area contributed by atoms with Gasteiger partial charge in [0.25, 0.3) is 6.43 Å². The predicted octanol–water partition coefficient (Wildman–Crippen LogP) is 2.59. The molecule has 0 bridgehead atoms. The van der Waals surface area contributed by atoms with E-state index in [1.807, 2.05) is 4.72 Å². The first-order valence-electron chi connectivity index (χ1n) is 10.0. The lowest BCUT2D eigenvalue weighted by Gasteiger charge is -2.32. The summed E-state index contributed by atoms with van der Waals surface area (Å²) in [4.78, 5) is 28.9. The third kappa shape index (κ3) is 5.82. The van der Waals surface area contributed by atoms with Crippen molar-refractivity contribution in [1.82, 2.24) is 9.71 Å². The largest absolute Gasteiger partial charge is 0.478 e. The second-order valence-electron chi connectivity index (χ2n) is 7.63. The molecule has 1 aliphatic heterocycles. The van der Waals surface area contributed by atoms with Gasteiger partial charge in [-0.05, 0) is 36.6 Å². The topological polar surface area (TPSA) is 140 Å². The van der Waals surface area contributed by atoms with Crippen LogP contribution in [-0.2, 0) is 20.6 Å². The lowest BCUT2D eigenvalue weighted by atomic mass is 9.96. The van der Waals surface area contributed by atoms with Crippen LogP contribution in [0.4, 0.5) is 19.0 Å². The average molecular weight is 496 g/mol. The van der Waals surface area contributed by atoms with E-state index in [1.54, 1.807) is 6.07 Å². The maximum absolute atomic E-state index is 13.3. The van der Waals surface area contributed by atoms with E-state index in [4.69, 9.17) is 5.11 Å². The SMILES string of the molecule is N#Cc1cc(C(=O)O)c(C(F)F)nc1N1CCC(C(=O)NS(=O)(=O)Cc2cccc(F)c2)CC1. The van der Waals surface area contributed by atoms with Gasteiger partial charge in [0.2, 0.25) is 15.9 Å². The number of carboxylic acids is 1. The van der Waals surface area contributed by atoms with Gasteiger partial charge in [-0.15, -0.1) is 0 Å². The molecule has 2 aromatic rings. The monoisotopic (exact) mass is 496 g/mol. The molecule has 1 aromatic carbocycles. The average Bonchev–Trinajstić information content (AvgIpc) is 2.77. The Morgan fingerprint density at radius 2 is 1.94 bits per heavy atom. The quantitative estimate of drug-likeness (QED) is 0.596. The molecule has 1 amide bonds. The number of carbonyl (C=O) groups is 2. The van der Waals surface area contributed by atoms with Crippen LogP contribution in [0, 0.1) is 23.1 Å². The van der Waals surface area contributed by atoms with Crippen LogP contribution in [0.5, 0.6) is 0 Å². The van der Waals surface area contributed by atoms with E-state index in [1.165, 1.54) is 17.0 Å². The minimum atomic E-state index is -4.08. The molecule has 0 atom stereocenters. The van der Waals surface area contributed by atoms with Gasteiger partial charge in [-0.1, -0.05) is 12.1 Å². The molecule has 1 aromatic heterocycles. The van der Waals surface area contributed by atoms with Gasteiger partial charge >= 0.3 is 5.97 Å². The van der Waals surface area contributed by atoms with Crippen LogP contribution in [0.15, 0.2) is 30.3 Å². The third-order valence-corrected chi connectivity index (χ3v) is 6.48. The van der Waals surface area contributed by atoms with Crippen LogP contribution < -0.4 is 9.62 Å². The van der Waals surface area contributed by atoms with Crippen molar-refractivity contribution in [1.29, 1.82) is 5.26 Å². The third-order valence-electron chi connectivity index (χ3n) is 5.26. The molecular weight excluding hydrogens is 477 g/mol. The number of nitriles is 1. The Bertz CT molecular complexity index is 1260. The number of carboxylic acid groups (broad SMARTS) is 1. The van der Waals surface area contributed by atoms with Crippen molar-refractivity contribution in [2.75, 3.05) is 18.0 Å². The van der Waals surface area contributed by atoms with E-state index in [2.05, 4.69) is 4.98 Å². The Labute approximate surface area is 192 Å². The molecular formula is C21H19F3N4O5S. The number of benzene rings is 1. The number of nitrogens with zero attached hydrogens (tertiary/aromatic N) is 3. The number of alkyl halides is 2. The zero-order valence-electron chi connectivity index (χ0n) is 17.5. The normalized spacial score (nSPS) is 14.6. The summed E-state index contributed by atoms with van der Waals surface area (Å²) in [6, 6.07) is 7.56. The van der Waals surface area contributed by atoms with Crippen LogP contribution >= 0.6 is 0 Å². The van der Waals surface area contributed by atoms with E-state index in [0.717, 1.165) is 18.2 Å². The Morgan fingerprint density at radius 1 is 1.26 bits per heavy atom. The summed E-state index contributed by atoms with van der Waals surface area (Å²) >= 11 is 0. The number of piperidine rings is 1. The van der Waals surface area contributed by atoms with Gasteiger partial charge in [-0.3, -0.25) is 9.52 Å². The number of halogens is 3. The number of hydrogen-bond donors (Lipinski definition) is 2. The molecule has 0 unspecified atom stereocenters. The molecule has 2 heterocycles. The summed E-state index contributed by atoms with van der Waals surface area (Å²) < 4.78 is 66.5. The molecule has 9 nitrogen and oxygen atoms in total. The number of anilines is 1. The first kappa shape index (κ1) is 25.0. The first-order chi connectivity index (χ1) is 16.0. The molecule has 1 saturated heterocycles. The van der Waals surface area contributed by atoms with Gasteiger partial charge in [0.05, 0.1) is 16.9 Å². The molecule has 13 heteroatoms. The van der Waals surface area contributed by atoms with Gasteiger partial charge in [0, 0.05) is 19.0 Å². The molecule has 0 radical (unpaired) electrons. The molecule has 1 aliphatic rings. The van der Waals surface area contributed by atoms with E-state index < -0.39 is 57.1 Å². The minimum Gasteiger partial charge on any atom is -0.478 e. The second-order valence-corrected chi connectivity index (χ2v) is 9.35. The van der Waals surface area contributed by atoms with E-state index in [0.29, 0.717) is 0 Å². The lowest BCUT2D eigenvalue weighted by molar-refractivity contribution is -0.123. The van der Waals surface area contributed by atoms with Crippen LogP contribution in [0.25, 0.3) is 0 Å². The van der Waals surface area contributed by atoms with Gasteiger partial charge in [0.1, 0.15) is 23.4 Å². The number of aromatic carboxylic acids is 1. The standard InChI is InChI=1S/C21H19F3N4O5S/c22-15-3-1-2-12(8-15)11-34(32,33)27-20(29)13-4-6-28(7-5-13)19-14(10-25)9-16(21(30)31)17(26-19)18(23)24/h1-3,8-9,13,18H,4-7,11H2,(H,27,29)(H,30,31). The zero-order valence-corrected chi connectivity index (χ0v) is 18.4. The van der Waals surface area contributed by atoms with Gasteiger partial charge in [0.15, 0.2) is 0 Å². The maximum Gasteiger partial charge on any atom is 0.337 e. The van der Waals surface area contributed by atoms with Gasteiger partial charge in [-0.25, -0.2) is 31.4 Å². The molecule has 1 fully saturated rings. The summed E-state index contributed by atoms with van der Waals surface area (Å²) in [5, 5.41) is 18.5. The molecule has 0 aliphatic carbocycles. The summed E-state index contributed by atoms with van der Waals surface area (Å²) in [5.74, 6) is -4.42. The number of sulfonamides is 1. The number of hydrogen-bond acceptors (Lipinski definition) is 7. The highest BCUT2D eigenvalue weighted by molar-refractivity contribution is 7.89. The van der Waals surface area contributed by atoms with Crippen molar-refractivity contribution in [2.45, 2.75) is 25.0 Å². The number of pyridine rings is 1. The molecule has 2 N–H and O–H groups in total. The summed E-state index contributed by atoms with van der Waals surface area (Å²) in [7, 11) is -4.08. The van der Waals surface area contributed by atoms with Crippen molar-refractivity contribution in [3.63, 3.8) is 0 Å². The fourth-order valence-corrected chi connectivity index (χ4v) is 4.81. The summed E-state index contributed by atoms with van der Waals surface area (Å²) in [6.45, 7) is 0.192. The highest BCUT2D eigenvalue weighted by atomic mass is 32.2. The number of nitrogens with one attached hydrogen (secondary N) is 1. The number of rotatable bonds is 7. The number of amides is 1. The van der Waals surface area contributed by atoms with Crippen LogP contribution in [0.2, 0.25) is 0 Å². The van der Waals surface area contributed by atoms with Crippen molar-refractivity contribution in [3.8, 4) is 6.07 Å². The van der Waals surface area contributed by atoms with Crippen LogP contribution in [0.3, 0.4) is 0 Å². The van der Waals surface area contributed by atoms with E-state index >= 15 is 0 Å². The molecule has 180 valence electrons. The summed E-state index contributed by atoms with van der Waals surface area (Å²) in [5.41, 5.74) is -1.77. The van der Waals surface area contributed by atoms with Crippen molar-refractivity contribution >= 4 is 27.7 Å². The highest BCUT2D eigenvalue weighted by Gasteiger charge is 2.31. The highest BCUT2D eigenvalue weighted by Crippen LogP contribution is 2.30. The van der Waals surface area contributed by atoms with Crippen molar-refractivity contribution < 1.29 is 36.3 Å². The van der Waals surface area contributed by atoms with Gasteiger partial charge < -0.3 is 10.0 Å². The zero-order chi connectivity index (χ0) is 25.0. The number of carbonyl (C=O) groups excluding carboxylic acids is 1. The van der Waals surface area contributed by atoms with Crippen LogP contribution in [0.1, 0.15) is 46.4 Å². The fraction of sp³-hybridized carbons (Fsp3) is 0.333. The molecule has 3 rings (SSSR count). The van der Waals surface area contributed by atoms with Crippen molar-refractivity contribution in [3.05, 3.63) is 58.5 Å². The minimum absolute atomic E-state index is 0.0960. The Morgan fingerprint density at radius 3 is 2.50 bits per heavy atom. The fourth-order valence-electron chi connectivity index (χ4n) is 3.65. The molecule has 0 spiro atoms. The Kier molecular flexibility index (Phi) is 7.41. The maximum atomic E-state index is 13.3. The predicted molar refractivity (Wildman–Crippen MR) is 113 cm³/mol. The van der Waals surface area contributed by atoms with Crippen LogP contribution in [-0.4, -0.2) is 43.5 Å². The second kappa shape index (κ2) is 10.1. The van der Waals surface area contributed by atoms with Gasteiger partial charge in [-0.2, -0.15) is 5.26 Å². The first-order valence-corrected chi connectivity index (χ1v) is 11.7. The number of aromatic nitrogens is 1. The lowest BCUT2D eigenvalue weighted by Crippen LogP contribution is -2.43. The van der Waals surface area contributed by atoms with Crippen molar-refractivity contribution in [2.24, 2.45) is 5.92 Å². The summed E-state index contributed by atoms with van der Waals surface area (Å²) in [6.07, 6.45) is -2.90. The molecule has 0 saturated carbocycles. The molecule has 34 heavy (non-hydrogen) atoms. The smallest absolute Gasteiger partial charge is 0.337 e. The van der Waals surface area contributed by atoms with E-state index in [9.17, 15) is 36.4 Å².